The highest BCUT2D eigenvalue weighted by molar-refractivity contribution is 14.1. The third kappa shape index (κ3) is 17.9. The molecule has 24 heteroatoms. The molecular weight excluding hydrogens is 1150 g/mol. The number of rotatable bonds is 27. The summed E-state index contributed by atoms with van der Waals surface area (Å²) in [6.07, 6.45) is 5.83. The van der Waals surface area contributed by atoms with Gasteiger partial charge >= 0.3 is 29.8 Å². The predicted octanol–water partition coefficient (Wildman–Crippen LogP) is 2.64. The number of amides is 4. The van der Waals surface area contributed by atoms with E-state index in [1.165, 1.54) is 4.43 Å². The maximum Gasteiger partial charge on any atom is 0.324 e. The van der Waals surface area contributed by atoms with Crippen molar-refractivity contribution in [1.29, 1.82) is 0 Å². The molecule has 13 atom stereocenters. The first-order valence-corrected chi connectivity index (χ1v) is 28.4. The van der Waals surface area contributed by atoms with Crippen LogP contribution in [-0.2, 0) is 76.3 Å². The largest absolute Gasteiger partial charge is 0.464 e. The lowest BCUT2D eigenvalue weighted by Gasteiger charge is -2.28. The van der Waals surface area contributed by atoms with E-state index in [4.69, 9.17) is 56.4 Å². The normalized spacial score (nSPS) is 25.7. The van der Waals surface area contributed by atoms with Crippen molar-refractivity contribution < 1.29 is 85.3 Å². The van der Waals surface area contributed by atoms with E-state index in [9.17, 15) is 43.2 Å². The van der Waals surface area contributed by atoms with Gasteiger partial charge in [0.25, 0.3) is 0 Å². The summed E-state index contributed by atoms with van der Waals surface area (Å²) in [5.74, 6) is -8.32. The number of alkyl halides is 3. The number of halogens is 3. The molecule has 6 rings (SSSR count). The first-order chi connectivity index (χ1) is 35.7. The maximum atomic E-state index is 13.1. The summed E-state index contributed by atoms with van der Waals surface area (Å²) < 4.78 is 40.2. The summed E-state index contributed by atoms with van der Waals surface area (Å²) >= 11 is 14.7. The molecule has 6 heterocycles. The molecule has 0 radical (unpaired) electrons. The lowest BCUT2D eigenvalue weighted by atomic mass is 9.85. The van der Waals surface area contributed by atoms with Crippen molar-refractivity contribution in [2.75, 3.05) is 126 Å². The molecule has 4 bridgehead atoms. The Balaban J connectivity index is 0.000000330. The van der Waals surface area contributed by atoms with Gasteiger partial charge in [0.05, 0.1) is 121 Å². The Labute approximate surface area is 470 Å². The number of nitrogens with zero attached hydrogens (tertiary/aromatic N) is 5. The summed E-state index contributed by atoms with van der Waals surface area (Å²) in [5.41, 5.74) is 0. The van der Waals surface area contributed by atoms with Gasteiger partial charge in [-0.05, 0) is 44.7 Å². The number of esters is 5. The molecule has 6 aliphatic rings. The first-order valence-electron chi connectivity index (χ1n) is 26.0. The highest BCUT2D eigenvalue weighted by Crippen LogP contribution is 2.46. The van der Waals surface area contributed by atoms with Crippen molar-refractivity contribution in [3.63, 3.8) is 0 Å². The number of hydrogen-bond acceptors (Lipinski definition) is 17. The van der Waals surface area contributed by atoms with Crippen molar-refractivity contribution in [1.82, 2.24) is 14.7 Å². The molecule has 0 aromatic rings. The zero-order chi connectivity index (χ0) is 56.8. The van der Waals surface area contributed by atoms with Gasteiger partial charge in [-0.3, -0.25) is 53.0 Å². The molecule has 4 fully saturated rings. The van der Waals surface area contributed by atoms with Gasteiger partial charge in [-0.15, -0.1) is 23.2 Å². The second kappa shape index (κ2) is 29.4. The van der Waals surface area contributed by atoms with Gasteiger partial charge < -0.3 is 47.0 Å². The van der Waals surface area contributed by atoms with E-state index < -0.39 is 82.0 Å². The van der Waals surface area contributed by atoms with E-state index in [2.05, 4.69) is 29.5 Å². The van der Waals surface area contributed by atoms with Gasteiger partial charge in [0.15, 0.2) is 0 Å². The molecule has 0 aromatic carbocycles. The Morgan fingerprint density at radius 1 is 0.579 bits per heavy atom. The fourth-order valence-corrected chi connectivity index (χ4v) is 9.80. The molecule has 21 nitrogen and oxygen atoms in total. The minimum absolute atomic E-state index is 0.000548. The van der Waals surface area contributed by atoms with Crippen LogP contribution in [0, 0.1) is 41.4 Å². The molecule has 6 aliphatic heterocycles. The van der Waals surface area contributed by atoms with Crippen LogP contribution >= 0.6 is 45.8 Å². The smallest absolute Gasteiger partial charge is 0.324 e. The summed E-state index contributed by atoms with van der Waals surface area (Å²) in [5, 5.41) is -2.06. The third-order valence-electron chi connectivity index (χ3n) is 14.0. The number of imide groups is 2. The van der Waals surface area contributed by atoms with Crippen molar-refractivity contribution in [2.45, 2.75) is 82.1 Å². The molecule has 4 amide bonds. The zero-order valence-corrected chi connectivity index (χ0v) is 49.5. The lowest BCUT2D eigenvalue weighted by molar-refractivity contribution is -0.888. The standard InChI is InChI=1S/C30H48ClN3O9.C20H27ClN2O7.C2H5I/c1-8-34(6,7)13-16-42-30(39)21(31)18-20(29(38)41-15-12-33(3,4)5)17-19(2)28(37)40-14-11-32-26(35)24-22-9-10-23(43-22)25(24)27(32)36;1-11(10-12(21)20(27)29-8-6-22(2)3)19(26)28-9-7-23-17(24)15-13-4-5-14(30-13)16(15)18(23)25;1-2-3/h9-10,19-25H,8,11-18H2,1-7H3;4-5,11-16H,6-10H2,1-3H3;2H2,1H3/q+2;;. The van der Waals surface area contributed by atoms with Gasteiger partial charge in [0.2, 0.25) is 23.6 Å². The third-order valence-corrected chi connectivity index (χ3v) is 14.8. The van der Waals surface area contributed by atoms with Crippen LogP contribution in [0.25, 0.3) is 0 Å². The minimum Gasteiger partial charge on any atom is -0.464 e. The van der Waals surface area contributed by atoms with Crippen LogP contribution in [0.4, 0.5) is 0 Å². The van der Waals surface area contributed by atoms with E-state index in [1.54, 1.807) is 13.8 Å². The molecule has 0 saturated carbocycles. The Hall–Kier alpha value is -3.78. The monoisotopic (exact) mass is 1230 g/mol. The summed E-state index contributed by atoms with van der Waals surface area (Å²) in [4.78, 5) is 117. The van der Waals surface area contributed by atoms with Gasteiger partial charge in [-0.1, -0.05) is 67.7 Å². The van der Waals surface area contributed by atoms with Gasteiger partial charge in [-0.25, -0.2) is 0 Å². The molecule has 0 aliphatic carbocycles. The van der Waals surface area contributed by atoms with Crippen LogP contribution in [0.3, 0.4) is 0 Å². The van der Waals surface area contributed by atoms with Gasteiger partial charge in [0, 0.05) is 6.54 Å². The number of hydrogen-bond donors (Lipinski definition) is 0. The Morgan fingerprint density at radius 2 is 0.934 bits per heavy atom. The quantitative estimate of drug-likeness (QED) is 0.0219. The molecule has 428 valence electrons. The van der Waals surface area contributed by atoms with Crippen LogP contribution < -0.4 is 0 Å². The van der Waals surface area contributed by atoms with E-state index in [-0.39, 0.29) is 113 Å². The summed E-state index contributed by atoms with van der Waals surface area (Å²) in [6.45, 7) is 10.3. The minimum atomic E-state index is -1.10. The van der Waals surface area contributed by atoms with Crippen molar-refractivity contribution >= 4 is 99.3 Å². The lowest BCUT2D eigenvalue weighted by Crippen LogP contribution is -2.42. The molecular formula is C52H80Cl2IN5O16+2. The molecule has 76 heavy (non-hydrogen) atoms. The molecule has 0 spiro atoms. The van der Waals surface area contributed by atoms with Crippen molar-refractivity contribution in [3.05, 3.63) is 24.3 Å². The van der Waals surface area contributed by atoms with Crippen molar-refractivity contribution in [2.24, 2.45) is 41.4 Å². The molecule has 13 unspecified atom stereocenters. The Kier molecular flexibility index (Phi) is 25.1. The zero-order valence-electron chi connectivity index (χ0n) is 45.8. The molecule has 0 aromatic heterocycles. The van der Waals surface area contributed by atoms with Gasteiger partial charge in [-0.2, -0.15) is 0 Å². The number of ether oxygens (including phenoxy) is 7. The highest BCUT2D eigenvalue weighted by atomic mass is 127. The van der Waals surface area contributed by atoms with Crippen molar-refractivity contribution in [3.8, 4) is 0 Å². The number of likely N-dealkylation sites (tertiary alicyclic amines) is 2. The average molecular weight is 1230 g/mol. The highest BCUT2D eigenvalue weighted by Gasteiger charge is 2.61. The maximum absolute atomic E-state index is 13.1. The van der Waals surface area contributed by atoms with E-state index in [0.29, 0.717) is 28.6 Å². The number of likely N-dealkylation sites (N-methyl/N-ethyl adjacent to an activating group) is 3. The fourth-order valence-electron chi connectivity index (χ4n) is 9.19. The SMILES string of the molecule is CC(CC(Cl)C(=O)OCCN(C)C)C(=O)OCCN1C(=O)C2C3C=CC(O3)C2C1=O.CCI.CC[N+](C)(C)CCOC(=O)C(Cl)CC(CC(C)C(=O)OCCN1C(=O)C2C3C=CC(O3)C2C1=O)C(=O)OCC[N+](C)(C)C. The number of quaternary nitrogens is 2. The second-order valence-electron chi connectivity index (χ2n) is 21.7. The van der Waals surface area contributed by atoms with Crippen LogP contribution in [0.15, 0.2) is 24.3 Å². The predicted molar refractivity (Wildman–Crippen MR) is 286 cm³/mol. The van der Waals surface area contributed by atoms with Gasteiger partial charge in [0.1, 0.15) is 56.9 Å². The van der Waals surface area contributed by atoms with E-state index >= 15 is 0 Å². The number of fused-ring (bicyclic) bond motifs is 10. The second-order valence-corrected chi connectivity index (χ2v) is 24.3. The number of carbonyl (C=O) groups excluding carboxylic acids is 9. The average Bonchev–Trinajstić information content (AvgIpc) is 4.23. The van der Waals surface area contributed by atoms with Crippen LogP contribution in [0.5, 0.6) is 0 Å². The first kappa shape index (κ1) is 64.7. The Bertz CT molecular complexity index is 2080. The van der Waals surface area contributed by atoms with Crippen LogP contribution in [0.1, 0.15) is 47.0 Å². The van der Waals surface area contributed by atoms with E-state index in [0.717, 1.165) is 16.3 Å². The summed E-state index contributed by atoms with van der Waals surface area (Å²) in [7, 11) is 13.7. The van der Waals surface area contributed by atoms with Crippen LogP contribution in [0.2, 0.25) is 0 Å². The summed E-state index contributed by atoms with van der Waals surface area (Å²) in [6, 6.07) is 0. The Morgan fingerprint density at radius 3 is 1.33 bits per heavy atom. The van der Waals surface area contributed by atoms with E-state index in [1.807, 2.05) is 85.5 Å². The fraction of sp³-hybridized carbons (Fsp3) is 0.750. The molecule has 4 saturated heterocycles. The number of carbonyl (C=O) groups is 9. The topological polar surface area (TPSA) is 228 Å². The van der Waals surface area contributed by atoms with Crippen LogP contribution in [-0.4, -0.2) is 238 Å². The molecule has 0 N–H and O–H groups in total.